The summed E-state index contributed by atoms with van der Waals surface area (Å²) in [6, 6.07) is 62.9. The second kappa shape index (κ2) is 10.7. The molecule has 0 aliphatic rings. The highest BCUT2D eigenvalue weighted by molar-refractivity contribution is 6.27. The lowest BCUT2D eigenvalue weighted by atomic mass is 9.85. The highest BCUT2D eigenvalue weighted by Gasteiger charge is 2.23. The Morgan fingerprint density at radius 1 is 0.340 bits per heavy atom. The van der Waals surface area contributed by atoms with Gasteiger partial charge in [0.05, 0.1) is 11.0 Å². The molecule has 246 valence electrons. The number of hydrogen-bond acceptors (Lipinski definition) is 2. The molecule has 0 amide bonds. The van der Waals surface area contributed by atoms with Gasteiger partial charge in [-0.05, 0) is 75.1 Å². The fourth-order valence-corrected chi connectivity index (χ4v) is 8.96. The Labute approximate surface area is 303 Å². The third-order valence-electron chi connectivity index (χ3n) is 11.2. The number of furan rings is 2. The van der Waals surface area contributed by atoms with Gasteiger partial charge >= 0.3 is 0 Å². The maximum Gasteiger partial charge on any atom is 0.160 e. The largest absolute Gasteiger partial charge is 0.456 e. The third-order valence-corrected chi connectivity index (χ3v) is 11.2. The highest BCUT2D eigenvalue weighted by atomic mass is 16.3. The first-order valence-electron chi connectivity index (χ1n) is 18.1. The average Bonchev–Trinajstić information content (AvgIpc) is 3.90. The molecule has 3 heterocycles. The van der Waals surface area contributed by atoms with E-state index in [-0.39, 0.29) is 0 Å². The highest BCUT2D eigenvalue weighted by Crippen LogP contribution is 2.48. The summed E-state index contributed by atoms with van der Waals surface area (Å²) in [5.41, 5.74) is 11.5. The van der Waals surface area contributed by atoms with E-state index in [0.717, 1.165) is 71.7 Å². The van der Waals surface area contributed by atoms with Crippen LogP contribution in [-0.2, 0) is 0 Å². The molecule has 0 radical (unpaired) electrons. The van der Waals surface area contributed by atoms with Crippen LogP contribution in [0.2, 0.25) is 0 Å². The molecule has 0 saturated carbocycles. The molecular weight excluding hydrogens is 647 g/mol. The van der Waals surface area contributed by atoms with Crippen molar-refractivity contribution in [2.45, 2.75) is 0 Å². The molecule has 0 spiro atoms. The van der Waals surface area contributed by atoms with Crippen LogP contribution in [0.1, 0.15) is 0 Å². The molecule has 53 heavy (non-hydrogen) atoms. The first kappa shape index (κ1) is 28.6. The molecule has 12 rings (SSSR count). The fourth-order valence-electron chi connectivity index (χ4n) is 8.96. The van der Waals surface area contributed by atoms with Gasteiger partial charge in [0.15, 0.2) is 5.58 Å². The van der Waals surface area contributed by atoms with Crippen LogP contribution in [0.15, 0.2) is 185 Å². The average molecular weight is 676 g/mol. The number of nitrogens with zero attached hydrogens (tertiary/aromatic N) is 1. The van der Waals surface area contributed by atoms with E-state index in [1.54, 1.807) is 0 Å². The van der Waals surface area contributed by atoms with E-state index in [2.05, 4.69) is 168 Å². The van der Waals surface area contributed by atoms with Gasteiger partial charge in [-0.2, -0.15) is 0 Å². The number of hydrogen-bond donors (Lipinski definition) is 0. The van der Waals surface area contributed by atoms with Gasteiger partial charge in [-0.3, -0.25) is 0 Å². The van der Waals surface area contributed by atoms with Crippen LogP contribution >= 0.6 is 0 Å². The van der Waals surface area contributed by atoms with Crippen molar-refractivity contribution >= 4 is 87.2 Å². The van der Waals surface area contributed by atoms with Crippen LogP contribution in [0.4, 0.5) is 0 Å². The Hall–Kier alpha value is -7.10. The summed E-state index contributed by atoms with van der Waals surface area (Å²) in [5, 5.41) is 11.6. The Kier molecular flexibility index (Phi) is 5.77. The summed E-state index contributed by atoms with van der Waals surface area (Å²) >= 11 is 0. The van der Waals surface area contributed by atoms with Gasteiger partial charge in [0.2, 0.25) is 0 Å². The predicted molar refractivity (Wildman–Crippen MR) is 221 cm³/mol. The smallest absolute Gasteiger partial charge is 0.160 e. The first-order chi connectivity index (χ1) is 26.3. The quantitative estimate of drug-likeness (QED) is 0.175. The van der Waals surface area contributed by atoms with E-state index in [4.69, 9.17) is 8.83 Å². The minimum absolute atomic E-state index is 0.895. The maximum absolute atomic E-state index is 7.20. The molecule has 0 bridgehead atoms. The third kappa shape index (κ3) is 3.94. The van der Waals surface area contributed by atoms with Crippen molar-refractivity contribution in [3.63, 3.8) is 0 Å². The van der Waals surface area contributed by atoms with Gasteiger partial charge in [-0.25, -0.2) is 0 Å². The molecule has 0 unspecified atom stereocenters. The Balaban J connectivity index is 1.17. The summed E-state index contributed by atoms with van der Waals surface area (Å²) < 4.78 is 15.9. The lowest BCUT2D eigenvalue weighted by molar-refractivity contribution is 0.669. The minimum atomic E-state index is 0.895. The van der Waals surface area contributed by atoms with Crippen molar-refractivity contribution in [2.75, 3.05) is 0 Å². The number of aromatic nitrogens is 1. The second-order valence-corrected chi connectivity index (χ2v) is 14.0. The van der Waals surface area contributed by atoms with Crippen molar-refractivity contribution in [1.29, 1.82) is 0 Å². The van der Waals surface area contributed by atoms with Crippen molar-refractivity contribution in [2.24, 2.45) is 0 Å². The van der Waals surface area contributed by atoms with Crippen molar-refractivity contribution in [1.82, 2.24) is 4.57 Å². The van der Waals surface area contributed by atoms with Crippen molar-refractivity contribution in [3.8, 4) is 27.9 Å². The van der Waals surface area contributed by atoms with Crippen LogP contribution in [0, 0.1) is 0 Å². The van der Waals surface area contributed by atoms with Crippen molar-refractivity contribution < 1.29 is 8.83 Å². The Bertz CT molecular complexity index is 3390. The predicted octanol–water partition coefficient (Wildman–Crippen LogP) is 14.2. The Morgan fingerprint density at radius 3 is 1.68 bits per heavy atom. The van der Waals surface area contributed by atoms with E-state index in [1.165, 1.54) is 43.4 Å². The molecule has 9 aromatic carbocycles. The van der Waals surface area contributed by atoms with Crippen LogP contribution in [-0.4, -0.2) is 4.57 Å². The maximum atomic E-state index is 7.20. The standard InChI is InChI=1S/C50H29NO2/c1-2-13-31(14-3-1)51-43-23-10-8-15-32(43)39-27-28-41-40-21-12-22-42(49(40)53-50(41)48(39)51)47-37-19-6-4-17-35(37)46(36-18-5-7-20-38(36)47)30-25-26-34-33-16-9-11-24-44(33)52-45(34)29-30/h1-29H. The molecular formula is C50H29NO2. The molecule has 0 N–H and O–H groups in total. The molecule has 0 saturated heterocycles. The van der Waals surface area contributed by atoms with E-state index < -0.39 is 0 Å². The van der Waals surface area contributed by atoms with Gasteiger partial charge in [-0.1, -0.05) is 133 Å². The summed E-state index contributed by atoms with van der Waals surface area (Å²) in [5.74, 6) is 0. The molecule has 0 atom stereocenters. The summed E-state index contributed by atoms with van der Waals surface area (Å²) in [7, 11) is 0. The number of para-hydroxylation sites is 4. The zero-order chi connectivity index (χ0) is 34.6. The topological polar surface area (TPSA) is 31.2 Å². The number of fused-ring (bicyclic) bond motifs is 12. The minimum Gasteiger partial charge on any atom is -0.456 e. The SMILES string of the molecule is c1ccc(-n2c3ccccc3c3ccc4c5cccc(-c6c7ccccc7c(-c7ccc8c(c7)oc7ccccc78)c7ccccc67)c5oc4c32)cc1. The Morgan fingerprint density at radius 2 is 0.906 bits per heavy atom. The summed E-state index contributed by atoms with van der Waals surface area (Å²) in [6.45, 7) is 0. The molecule has 3 aromatic heterocycles. The van der Waals surface area contributed by atoms with E-state index in [1.807, 2.05) is 12.1 Å². The summed E-state index contributed by atoms with van der Waals surface area (Å²) in [6.07, 6.45) is 0. The number of benzene rings is 9. The molecule has 3 nitrogen and oxygen atoms in total. The van der Waals surface area contributed by atoms with Crippen LogP contribution < -0.4 is 0 Å². The molecule has 3 heteroatoms. The van der Waals surface area contributed by atoms with Gasteiger partial charge in [0, 0.05) is 49.1 Å². The monoisotopic (exact) mass is 675 g/mol. The lowest BCUT2D eigenvalue weighted by Crippen LogP contribution is -1.93. The van der Waals surface area contributed by atoms with Gasteiger partial charge in [-0.15, -0.1) is 0 Å². The van der Waals surface area contributed by atoms with E-state index in [9.17, 15) is 0 Å². The fraction of sp³-hybridized carbons (Fsp3) is 0. The summed E-state index contributed by atoms with van der Waals surface area (Å²) in [4.78, 5) is 0. The van der Waals surface area contributed by atoms with E-state index in [0.29, 0.717) is 0 Å². The second-order valence-electron chi connectivity index (χ2n) is 14.0. The van der Waals surface area contributed by atoms with Gasteiger partial charge < -0.3 is 13.4 Å². The van der Waals surface area contributed by atoms with Gasteiger partial charge in [0.1, 0.15) is 16.7 Å². The molecule has 0 aliphatic heterocycles. The zero-order valence-corrected chi connectivity index (χ0v) is 28.5. The lowest BCUT2D eigenvalue weighted by Gasteiger charge is -2.17. The van der Waals surface area contributed by atoms with Crippen LogP contribution in [0.3, 0.4) is 0 Å². The van der Waals surface area contributed by atoms with Crippen molar-refractivity contribution in [3.05, 3.63) is 176 Å². The normalized spacial score (nSPS) is 12.2. The number of rotatable bonds is 3. The van der Waals surface area contributed by atoms with Crippen LogP contribution in [0.5, 0.6) is 0 Å². The molecule has 0 aliphatic carbocycles. The zero-order valence-electron chi connectivity index (χ0n) is 28.5. The van der Waals surface area contributed by atoms with Crippen LogP contribution in [0.25, 0.3) is 115 Å². The van der Waals surface area contributed by atoms with E-state index >= 15 is 0 Å². The molecule has 12 aromatic rings. The molecule has 0 fully saturated rings. The van der Waals surface area contributed by atoms with Gasteiger partial charge in [0.25, 0.3) is 0 Å². The first-order valence-corrected chi connectivity index (χ1v) is 18.1.